The van der Waals surface area contributed by atoms with Crippen molar-refractivity contribution >= 4 is 0 Å². The second-order valence-electron chi connectivity index (χ2n) is 3.02. The molecule has 2 atom stereocenters. The van der Waals surface area contributed by atoms with E-state index in [9.17, 15) is 0 Å². The minimum absolute atomic E-state index is 0.152. The molecular weight excluding hydrogens is 152 g/mol. The van der Waals surface area contributed by atoms with Gasteiger partial charge in [-0.05, 0) is 6.92 Å². The smallest absolute Gasteiger partial charge is 0.184 e. The molecule has 1 aromatic carbocycles. The Labute approximate surface area is 72.1 Å². The average molecular weight is 164 g/mol. The topological polar surface area (TPSA) is 18.5 Å². The van der Waals surface area contributed by atoms with Crippen LogP contribution in [0.4, 0.5) is 0 Å². The fraction of sp³-hybridized carbons (Fsp3) is 0.400. The van der Waals surface area contributed by atoms with Gasteiger partial charge < -0.3 is 9.47 Å². The zero-order valence-electron chi connectivity index (χ0n) is 7.07. The van der Waals surface area contributed by atoms with Gasteiger partial charge in [0.15, 0.2) is 6.29 Å². The maximum atomic E-state index is 5.53. The molecule has 0 radical (unpaired) electrons. The third-order valence-corrected chi connectivity index (χ3v) is 1.91. The molecule has 1 fully saturated rings. The first-order valence-corrected chi connectivity index (χ1v) is 4.18. The summed E-state index contributed by atoms with van der Waals surface area (Å²) in [4.78, 5) is 0. The van der Waals surface area contributed by atoms with Crippen molar-refractivity contribution in [3.05, 3.63) is 35.9 Å². The lowest BCUT2D eigenvalue weighted by Crippen LogP contribution is -2.02. The van der Waals surface area contributed by atoms with Gasteiger partial charge in [-0.25, -0.2) is 0 Å². The van der Waals surface area contributed by atoms with Crippen LogP contribution in [0.5, 0.6) is 0 Å². The van der Waals surface area contributed by atoms with Crippen LogP contribution in [0.3, 0.4) is 0 Å². The molecular formula is C10H12O2. The van der Waals surface area contributed by atoms with E-state index in [-0.39, 0.29) is 12.4 Å². The van der Waals surface area contributed by atoms with Gasteiger partial charge in [-0.2, -0.15) is 0 Å². The first-order chi connectivity index (χ1) is 5.86. The normalized spacial score (nSPS) is 29.1. The van der Waals surface area contributed by atoms with Gasteiger partial charge in [0, 0.05) is 5.56 Å². The van der Waals surface area contributed by atoms with Crippen LogP contribution in [0.25, 0.3) is 0 Å². The molecule has 2 nitrogen and oxygen atoms in total. The largest absolute Gasteiger partial charge is 0.346 e. The maximum absolute atomic E-state index is 5.53. The van der Waals surface area contributed by atoms with Crippen molar-refractivity contribution in [2.45, 2.75) is 19.3 Å². The lowest BCUT2D eigenvalue weighted by atomic mass is 10.2. The van der Waals surface area contributed by atoms with Gasteiger partial charge in [0.1, 0.15) is 0 Å². The van der Waals surface area contributed by atoms with Crippen LogP contribution in [0.2, 0.25) is 0 Å². The predicted octanol–water partition coefficient (Wildman–Crippen LogP) is 2.12. The molecule has 12 heavy (non-hydrogen) atoms. The number of hydrogen-bond donors (Lipinski definition) is 0. The van der Waals surface area contributed by atoms with Crippen LogP contribution < -0.4 is 0 Å². The highest BCUT2D eigenvalue weighted by Gasteiger charge is 2.23. The molecule has 2 rings (SSSR count). The Kier molecular flexibility index (Phi) is 2.11. The Balaban J connectivity index is 2.11. The molecule has 0 aliphatic carbocycles. The molecule has 0 saturated carbocycles. The quantitative estimate of drug-likeness (QED) is 0.633. The minimum atomic E-state index is -0.152. The highest BCUT2D eigenvalue weighted by atomic mass is 16.7. The fourth-order valence-corrected chi connectivity index (χ4v) is 1.30. The van der Waals surface area contributed by atoms with Gasteiger partial charge in [0.05, 0.1) is 12.7 Å². The van der Waals surface area contributed by atoms with Crippen LogP contribution in [0.1, 0.15) is 18.8 Å². The summed E-state index contributed by atoms with van der Waals surface area (Å²) in [5.74, 6) is 0. The van der Waals surface area contributed by atoms with Gasteiger partial charge in [-0.15, -0.1) is 0 Å². The molecule has 0 aromatic heterocycles. The third-order valence-electron chi connectivity index (χ3n) is 1.91. The van der Waals surface area contributed by atoms with Crippen molar-refractivity contribution in [2.24, 2.45) is 0 Å². The number of ether oxygens (including phenoxy) is 2. The molecule has 0 unspecified atom stereocenters. The number of hydrogen-bond acceptors (Lipinski definition) is 2. The number of rotatable bonds is 1. The molecule has 0 N–H and O–H groups in total. The molecule has 1 heterocycles. The molecule has 0 spiro atoms. The zero-order chi connectivity index (χ0) is 8.39. The summed E-state index contributed by atoms with van der Waals surface area (Å²) < 4.78 is 11.0. The summed E-state index contributed by atoms with van der Waals surface area (Å²) in [6.45, 7) is 2.71. The molecule has 1 aliphatic heterocycles. The maximum Gasteiger partial charge on any atom is 0.184 e. The lowest BCUT2D eigenvalue weighted by Gasteiger charge is -2.08. The Morgan fingerprint density at radius 1 is 1.25 bits per heavy atom. The minimum Gasteiger partial charge on any atom is -0.346 e. The van der Waals surface area contributed by atoms with E-state index in [0.29, 0.717) is 6.61 Å². The van der Waals surface area contributed by atoms with E-state index in [2.05, 4.69) is 0 Å². The van der Waals surface area contributed by atoms with Gasteiger partial charge in [-0.3, -0.25) is 0 Å². The van der Waals surface area contributed by atoms with Crippen molar-refractivity contribution in [1.82, 2.24) is 0 Å². The molecule has 0 bridgehead atoms. The van der Waals surface area contributed by atoms with E-state index in [1.165, 1.54) is 0 Å². The molecule has 1 aromatic rings. The van der Waals surface area contributed by atoms with Crippen LogP contribution in [0, 0.1) is 0 Å². The van der Waals surface area contributed by atoms with Crippen molar-refractivity contribution in [3.8, 4) is 0 Å². The summed E-state index contributed by atoms with van der Waals surface area (Å²) >= 11 is 0. The Morgan fingerprint density at radius 3 is 2.58 bits per heavy atom. The van der Waals surface area contributed by atoms with Crippen molar-refractivity contribution < 1.29 is 9.47 Å². The Hall–Kier alpha value is -0.860. The van der Waals surface area contributed by atoms with E-state index in [1.807, 2.05) is 37.3 Å². The lowest BCUT2D eigenvalue weighted by molar-refractivity contribution is -0.0572. The van der Waals surface area contributed by atoms with E-state index in [4.69, 9.17) is 9.47 Å². The standard InChI is InChI=1S/C10H12O2/c1-8-7-11-10(12-8)9-5-3-2-4-6-9/h2-6,8,10H,7H2,1H3/t8-,10+/m1/s1. The van der Waals surface area contributed by atoms with E-state index >= 15 is 0 Å². The van der Waals surface area contributed by atoms with E-state index in [1.54, 1.807) is 0 Å². The zero-order valence-corrected chi connectivity index (χ0v) is 7.07. The molecule has 1 saturated heterocycles. The van der Waals surface area contributed by atoms with Gasteiger partial charge in [-0.1, -0.05) is 30.3 Å². The highest BCUT2D eigenvalue weighted by Crippen LogP contribution is 2.25. The molecule has 2 heteroatoms. The van der Waals surface area contributed by atoms with Crippen molar-refractivity contribution in [3.63, 3.8) is 0 Å². The van der Waals surface area contributed by atoms with Gasteiger partial charge in [0.25, 0.3) is 0 Å². The van der Waals surface area contributed by atoms with Gasteiger partial charge >= 0.3 is 0 Å². The van der Waals surface area contributed by atoms with Gasteiger partial charge in [0.2, 0.25) is 0 Å². The summed E-state index contributed by atoms with van der Waals surface area (Å²) in [6.07, 6.45) is 0.0661. The van der Waals surface area contributed by atoms with Crippen LogP contribution in [-0.4, -0.2) is 12.7 Å². The van der Waals surface area contributed by atoms with Crippen LogP contribution >= 0.6 is 0 Å². The molecule has 64 valence electrons. The molecule has 0 amide bonds. The van der Waals surface area contributed by atoms with Crippen molar-refractivity contribution in [2.75, 3.05) is 6.61 Å². The van der Waals surface area contributed by atoms with Crippen molar-refractivity contribution in [1.29, 1.82) is 0 Å². The molecule has 1 aliphatic rings. The third kappa shape index (κ3) is 1.49. The number of benzene rings is 1. The summed E-state index contributed by atoms with van der Waals surface area (Å²) in [5, 5.41) is 0. The van der Waals surface area contributed by atoms with E-state index in [0.717, 1.165) is 5.56 Å². The first kappa shape index (κ1) is 7.77. The Bertz CT molecular complexity index is 245. The summed E-state index contributed by atoms with van der Waals surface area (Å²) in [6, 6.07) is 10.0. The van der Waals surface area contributed by atoms with E-state index < -0.39 is 0 Å². The fourth-order valence-electron chi connectivity index (χ4n) is 1.30. The average Bonchev–Trinajstić information content (AvgIpc) is 2.54. The summed E-state index contributed by atoms with van der Waals surface area (Å²) in [7, 11) is 0. The Morgan fingerprint density at radius 2 is 2.00 bits per heavy atom. The SMILES string of the molecule is C[C@@H]1CO[C@H](c2ccccc2)O1. The predicted molar refractivity (Wildman–Crippen MR) is 45.7 cm³/mol. The second-order valence-corrected chi connectivity index (χ2v) is 3.02. The first-order valence-electron chi connectivity index (χ1n) is 4.18. The highest BCUT2D eigenvalue weighted by molar-refractivity contribution is 5.16. The van der Waals surface area contributed by atoms with Crippen LogP contribution in [-0.2, 0) is 9.47 Å². The second kappa shape index (κ2) is 3.25. The van der Waals surface area contributed by atoms with Crippen LogP contribution in [0.15, 0.2) is 30.3 Å². The summed E-state index contributed by atoms with van der Waals surface area (Å²) in [5.41, 5.74) is 1.10. The monoisotopic (exact) mass is 164 g/mol.